The smallest absolute Gasteiger partial charge is 0.115 e. The third kappa shape index (κ3) is 3.15. The van der Waals surface area contributed by atoms with E-state index in [1.165, 1.54) is 5.57 Å². The van der Waals surface area contributed by atoms with Gasteiger partial charge in [0.2, 0.25) is 0 Å². The van der Waals surface area contributed by atoms with Gasteiger partial charge in [-0.2, -0.15) is 0 Å². The lowest BCUT2D eigenvalue weighted by Crippen LogP contribution is -2.14. The molecule has 3 rings (SSSR count). The van der Waals surface area contributed by atoms with Gasteiger partial charge in [0, 0.05) is 0 Å². The fourth-order valence-corrected chi connectivity index (χ4v) is 3.10. The molecule has 114 valence electrons. The van der Waals surface area contributed by atoms with Crippen molar-refractivity contribution in [2.24, 2.45) is 0 Å². The highest BCUT2D eigenvalue weighted by atomic mass is 16.3. The maximum atomic E-state index is 10.00. The molecule has 0 amide bonds. The van der Waals surface area contributed by atoms with Crippen molar-refractivity contribution in [2.45, 2.75) is 31.8 Å². The number of aromatic hydroxyl groups is 2. The maximum absolute atomic E-state index is 10.00. The highest BCUT2D eigenvalue weighted by molar-refractivity contribution is 5.82. The molecule has 1 saturated carbocycles. The van der Waals surface area contributed by atoms with Crippen LogP contribution in [0.3, 0.4) is 0 Å². The molecule has 3 N–H and O–H groups in total. The lowest BCUT2D eigenvalue weighted by Gasteiger charge is -2.24. The Hall–Kier alpha value is -2.26. The Morgan fingerprint density at radius 3 is 1.77 bits per heavy atom. The van der Waals surface area contributed by atoms with Crippen LogP contribution in [0.1, 0.15) is 36.8 Å². The van der Waals surface area contributed by atoms with Crippen LogP contribution in [-0.4, -0.2) is 21.4 Å². The van der Waals surface area contributed by atoms with E-state index in [2.05, 4.69) is 0 Å². The van der Waals surface area contributed by atoms with E-state index in [4.69, 9.17) is 0 Å². The first-order valence-electron chi connectivity index (χ1n) is 7.62. The van der Waals surface area contributed by atoms with E-state index in [-0.39, 0.29) is 17.6 Å². The summed E-state index contributed by atoms with van der Waals surface area (Å²) in [6.45, 7) is 0. The molecule has 1 atom stereocenters. The summed E-state index contributed by atoms with van der Waals surface area (Å²) < 4.78 is 0. The van der Waals surface area contributed by atoms with Gasteiger partial charge in [0.05, 0.1) is 6.10 Å². The quantitative estimate of drug-likeness (QED) is 0.789. The third-order valence-electron chi connectivity index (χ3n) is 4.16. The predicted octanol–water partition coefficient (Wildman–Crippen LogP) is 3.83. The molecule has 0 radical (unpaired) electrons. The molecule has 22 heavy (non-hydrogen) atoms. The summed E-state index contributed by atoms with van der Waals surface area (Å²) in [4.78, 5) is 0. The molecule has 0 bridgehead atoms. The van der Waals surface area contributed by atoms with Gasteiger partial charge >= 0.3 is 0 Å². The van der Waals surface area contributed by atoms with Crippen LogP contribution in [0.4, 0.5) is 0 Å². The minimum atomic E-state index is -0.284. The zero-order valence-electron chi connectivity index (χ0n) is 12.4. The average Bonchev–Trinajstić information content (AvgIpc) is 2.51. The van der Waals surface area contributed by atoms with E-state index in [0.29, 0.717) is 6.42 Å². The van der Waals surface area contributed by atoms with Crippen LogP contribution in [0.5, 0.6) is 11.5 Å². The summed E-state index contributed by atoms with van der Waals surface area (Å²) >= 11 is 0. The third-order valence-corrected chi connectivity index (χ3v) is 4.16. The zero-order chi connectivity index (χ0) is 15.5. The number of benzene rings is 2. The lowest BCUT2D eigenvalue weighted by molar-refractivity contribution is 0.150. The Labute approximate surface area is 130 Å². The lowest BCUT2D eigenvalue weighted by atomic mass is 9.84. The highest BCUT2D eigenvalue weighted by Crippen LogP contribution is 2.36. The summed E-state index contributed by atoms with van der Waals surface area (Å²) in [7, 11) is 0. The van der Waals surface area contributed by atoms with Gasteiger partial charge in [0.25, 0.3) is 0 Å². The molecule has 0 spiro atoms. The number of hydrogen-bond donors (Lipinski definition) is 3. The summed E-state index contributed by atoms with van der Waals surface area (Å²) in [5, 5.41) is 29.0. The van der Waals surface area contributed by atoms with Crippen LogP contribution in [0, 0.1) is 0 Å². The number of aliphatic hydroxyl groups excluding tert-OH is 1. The van der Waals surface area contributed by atoms with Gasteiger partial charge in [0.15, 0.2) is 0 Å². The average molecular weight is 296 g/mol. The molecule has 0 saturated heterocycles. The molecule has 3 heteroatoms. The van der Waals surface area contributed by atoms with E-state index in [9.17, 15) is 15.3 Å². The first kappa shape index (κ1) is 14.7. The second-order valence-corrected chi connectivity index (χ2v) is 5.82. The van der Waals surface area contributed by atoms with Crippen LogP contribution >= 0.6 is 0 Å². The molecule has 0 aliphatic heterocycles. The second-order valence-electron chi connectivity index (χ2n) is 5.82. The van der Waals surface area contributed by atoms with Crippen molar-refractivity contribution in [3.8, 4) is 11.5 Å². The fraction of sp³-hybridized carbons (Fsp3) is 0.263. The Balaban J connectivity index is 2.11. The molecule has 1 fully saturated rings. The Morgan fingerprint density at radius 1 is 0.818 bits per heavy atom. The summed E-state index contributed by atoms with van der Waals surface area (Å²) in [6, 6.07) is 14.3. The zero-order valence-corrected chi connectivity index (χ0v) is 12.4. The van der Waals surface area contributed by atoms with Crippen LogP contribution in [-0.2, 0) is 0 Å². The Bertz CT molecular complexity index is 621. The summed E-state index contributed by atoms with van der Waals surface area (Å²) in [5.74, 6) is 0.477. The number of phenolic OH excluding ortho intramolecular Hbond substituents is 2. The minimum absolute atomic E-state index is 0.238. The van der Waals surface area contributed by atoms with Gasteiger partial charge < -0.3 is 15.3 Å². The monoisotopic (exact) mass is 296 g/mol. The van der Waals surface area contributed by atoms with Crippen LogP contribution in [0.2, 0.25) is 0 Å². The van der Waals surface area contributed by atoms with Gasteiger partial charge in [0.1, 0.15) is 11.5 Å². The first-order valence-corrected chi connectivity index (χ1v) is 7.62. The minimum Gasteiger partial charge on any atom is -0.508 e. The van der Waals surface area contributed by atoms with Crippen molar-refractivity contribution in [3.63, 3.8) is 0 Å². The van der Waals surface area contributed by atoms with E-state index < -0.39 is 0 Å². The highest BCUT2D eigenvalue weighted by Gasteiger charge is 2.19. The SMILES string of the molecule is Oc1ccc(C(=C2CCCC(O)C2)c2ccc(O)cc2)cc1. The van der Waals surface area contributed by atoms with Crippen LogP contribution in [0.25, 0.3) is 5.57 Å². The Morgan fingerprint density at radius 2 is 1.32 bits per heavy atom. The molecule has 0 aromatic heterocycles. The van der Waals surface area contributed by atoms with Gasteiger partial charge in [-0.25, -0.2) is 0 Å². The van der Waals surface area contributed by atoms with Gasteiger partial charge in [-0.05, 0) is 66.6 Å². The summed E-state index contributed by atoms with van der Waals surface area (Å²) in [6.07, 6.45) is 3.19. The van der Waals surface area contributed by atoms with E-state index >= 15 is 0 Å². The van der Waals surface area contributed by atoms with Crippen molar-refractivity contribution in [3.05, 3.63) is 65.2 Å². The molecule has 2 aromatic carbocycles. The molecule has 2 aromatic rings. The first-order chi connectivity index (χ1) is 10.6. The molecule has 1 unspecified atom stereocenters. The second kappa shape index (κ2) is 6.24. The standard InChI is InChI=1S/C19H20O3/c20-16-8-4-13(5-9-16)19(14-6-10-17(21)11-7-14)15-2-1-3-18(22)12-15/h4-11,18,20-22H,1-3,12H2. The largest absolute Gasteiger partial charge is 0.508 e. The molecular formula is C19H20O3. The van der Waals surface area contributed by atoms with Gasteiger partial charge in [-0.15, -0.1) is 0 Å². The van der Waals surface area contributed by atoms with E-state index in [1.807, 2.05) is 24.3 Å². The number of hydrogen-bond acceptors (Lipinski definition) is 3. The number of rotatable bonds is 2. The van der Waals surface area contributed by atoms with Crippen molar-refractivity contribution >= 4 is 5.57 Å². The molecule has 0 heterocycles. The molecule has 3 nitrogen and oxygen atoms in total. The van der Waals surface area contributed by atoms with Crippen molar-refractivity contribution in [1.29, 1.82) is 0 Å². The molecule has 1 aliphatic carbocycles. The summed E-state index contributed by atoms with van der Waals surface area (Å²) in [5.41, 5.74) is 4.37. The van der Waals surface area contributed by atoms with Crippen molar-refractivity contribution in [2.75, 3.05) is 0 Å². The number of aliphatic hydroxyl groups is 1. The normalized spacial score (nSPS) is 18.2. The number of phenols is 2. The van der Waals surface area contributed by atoms with Gasteiger partial charge in [-0.3, -0.25) is 0 Å². The fourth-order valence-electron chi connectivity index (χ4n) is 3.10. The van der Waals surface area contributed by atoms with Crippen molar-refractivity contribution < 1.29 is 15.3 Å². The van der Waals surface area contributed by atoms with E-state index in [0.717, 1.165) is 36.0 Å². The topological polar surface area (TPSA) is 60.7 Å². The molecule has 1 aliphatic rings. The van der Waals surface area contributed by atoms with Crippen LogP contribution < -0.4 is 0 Å². The van der Waals surface area contributed by atoms with Gasteiger partial charge in [-0.1, -0.05) is 29.8 Å². The van der Waals surface area contributed by atoms with Crippen molar-refractivity contribution in [1.82, 2.24) is 0 Å². The molecular weight excluding hydrogens is 276 g/mol. The van der Waals surface area contributed by atoms with E-state index in [1.54, 1.807) is 24.3 Å². The predicted molar refractivity (Wildman–Crippen MR) is 86.7 cm³/mol. The van der Waals surface area contributed by atoms with Crippen LogP contribution in [0.15, 0.2) is 54.1 Å². The Kier molecular flexibility index (Phi) is 4.16. The maximum Gasteiger partial charge on any atom is 0.115 e.